The number of carbonyl (C=O) groups is 1. The van der Waals surface area contributed by atoms with Gasteiger partial charge in [-0.15, -0.1) is 11.6 Å². The van der Waals surface area contributed by atoms with Crippen LogP contribution in [0, 0.1) is 11.3 Å². The van der Waals surface area contributed by atoms with Gasteiger partial charge in [0.1, 0.15) is 17.2 Å². The highest BCUT2D eigenvalue weighted by Gasteiger charge is 2.09. The Morgan fingerprint density at radius 3 is 3.06 bits per heavy atom. The Balaban J connectivity index is 2.68. The van der Waals surface area contributed by atoms with Crippen molar-refractivity contribution in [1.29, 1.82) is 5.26 Å². The van der Waals surface area contributed by atoms with Crippen molar-refractivity contribution in [3.63, 3.8) is 0 Å². The number of benzene rings is 1. The molecule has 0 heterocycles. The van der Waals surface area contributed by atoms with Crippen molar-refractivity contribution in [3.05, 3.63) is 24.3 Å². The van der Waals surface area contributed by atoms with Gasteiger partial charge in [0, 0.05) is 11.8 Å². The second-order valence-electron chi connectivity index (χ2n) is 3.08. The van der Waals surface area contributed by atoms with Gasteiger partial charge in [-0.1, -0.05) is 6.07 Å². The molecule has 1 atom stereocenters. The molecule has 0 radical (unpaired) electrons. The second-order valence-corrected chi connectivity index (χ2v) is 3.73. The lowest BCUT2D eigenvalue weighted by atomic mass is 10.3. The van der Waals surface area contributed by atoms with E-state index in [1.165, 1.54) is 0 Å². The van der Waals surface area contributed by atoms with Crippen molar-refractivity contribution in [2.45, 2.75) is 12.3 Å². The van der Waals surface area contributed by atoms with Crippen LogP contribution < -0.4 is 10.1 Å². The fraction of sp³-hybridized carbons (Fsp3) is 0.273. The van der Waals surface area contributed by atoms with Crippen LogP contribution in [0.3, 0.4) is 0 Å². The van der Waals surface area contributed by atoms with Crippen molar-refractivity contribution in [2.24, 2.45) is 0 Å². The highest BCUT2D eigenvalue weighted by Crippen LogP contribution is 2.17. The van der Waals surface area contributed by atoms with E-state index >= 15 is 0 Å². The molecule has 0 fully saturated rings. The summed E-state index contributed by atoms with van der Waals surface area (Å²) in [6.07, 6.45) is 0. The molecule has 1 aromatic carbocycles. The Morgan fingerprint density at radius 2 is 2.44 bits per heavy atom. The minimum Gasteiger partial charge on any atom is -0.479 e. The lowest BCUT2D eigenvalue weighted by molar-refractivity contribution is -0.115. The van der Waals surface area contributed by atoms with Crippen molar-refractivity contribution < 1.29 is 9.53 Å². The smallest absolute Gasteiger partial charge is 0.242 e. The maximum Gasteiger partial charge on any atom is 0.242 e. The van der Waals surface area contributed by atoms with Crippen LogP contribution in [0.1, 0.15) is 6.92 Å². The topological polar surface area (TPSA) is 62.1 Å². The van der Waals surface area contributed by atoms with Crippen LogP contribution in [0.5, 0.6) is 5.75 Å². The van der Waals surface area contributed by atoms with Crippen LogP contribution in [0.25, 0.3) is 0 Å². The van der Waals surface area contributed by atoms with E-state index in [9.17, 15) is 4.79 Å². The average Bonchev–Trinajstić information content (AvgIpc) is 2.26. The van der Waals surface area contributed by atoms with E-state index in [0.29, 0.717) is 11.4 Å². The van der Waals surface area contributed by atoms with Crippen LogP contribution in [0.2, 0.25) is 0 Å². The van der Waals surface area contributed by atoms with E-state index in [1.807, 2.05) is 6.07 Å². The number of anilines is 1. The van der Waals surface area contributed by atoms with Gasteiger partial charge in [0.25, 0.3) is 0 Å². The van der Waals surface area contributed by atoms with E-state index in [-0.39, 0.29) is 12.5 Å². The Labute approximate surface area is 98.8 Å². The molecule has 84 valence electrons. The number of hydrogen-bond acceptors (Lipinski definition) is 3. The number of carbonyl (C=O) groups excluding carboxylic acids is 1. The molecule has 0 bridgehead atoms. The van der Waals surface area contributed by atoms with Gasteiger partial charge >= 0.3 is 0 Å². The average molecular weight is 239 g/mol. The minimum atomic E-state index is -0.594. The van der Waals surface area contributed by atoms with Gasteiger partial charge in [-0.05, 0) is 19.1 Å². The van der Waals surface area contributed by atoms with Gasteiger partial charge in [-0.2, -0.15) is 5.26 Å². The summed E-state index contributed by atoms with van der Waals surface area (Å²) in [5.74, 6) is 0.251. The molecule has 1 N–H and O–H groups in total. The molecular formula is C11H11ClN2O2. The summed E-state index contributed by atoms with van der Waals surface area (Å²) in [6, 6.07) is 8.64. The Morgan fingerprint density at radius 1 is 1.69 bits per heavy atom. The number of alkyl halides is 1. The van der Waals surface area contributed by atoms with E-state index in [4.69, 9.17) is 21.6 Å². The second kappa shape index (κ2) is 5.99. The first-order valence-electron chi connectivity index (χ1n) is 4.68. The van der Waals surface area contributed by atoms with Crippen molar-refractivity contribution >= 4 is 23.2 Å². The predicted molar refractivity (Wildman–Crippen MR) is 61.5 cm³/mol. The number of rotatable bonds is 4. The number of hydrogen-bond donors (Lipinski definition) is 1. The molecule has 1 unspecified atom stereocenters. The summed E-state index contributed by atoms with van der Waals surface area (Å²) in [5, 5.41) is 10.4. The first kappa shape index (κ1) is 12.3. The molecule has 0 aliphatic rings. The van der Waals surface area contributed by atoms with E-state index in [1.54, 1.807) is 31.2 Å². The minimum absolute atomic E-state index is 0.0245. The molecule has 5 heteroatoms. The molecule has 0 aliphatic carbocycles. The molecule has 0 aliphatic heterocycles. The van der Waals surface area contributed by atoms with Crippen molar-refractivity contribution in [3.8, 4) is 11.8 Å². The van der Waals surface area contributed by atoms with Crippen molar-refractivity contribution in [1.82, 2.24) is 0 Å². The molecule has 16 heavy (non-hydrogen) atoms. The Hall–Kier alpha value is -1.73. The summed E-state index contributed by atoms with van der Waals surface area (Å²) in [5.41, 5.74) is 0.591. The molecule has 1 aromatic rings. The largest absolute Gasteiger partial charge is 0.479 e. The fourth-order valence-corrected chi connectivity index (χ4v) is 1.08. The predicted octanol–water partition coefficient (Wildman–Crippen LogP) is 2.15. The number of nitrogens with zero attached hydrogens (tertiary/aromatic N) is 1. The first-order chi connectivity index (χ1) is 7.63. The third-order valence-corrected chi connectivity index (χ3v) is 1.96. The van der Waals surface area contributed by atoms with Gasteiger partial charge in [0.2, 0.25) is 5.91 Å². The maximum absolute atomic E-state index is 11.3. The first-order valence-corrected chi connectivity index (χ1v) is 5.12. The number of halogens is 1. The molecular weight excluding hydrogens is 228 g/mol. The zero-order valence-corrected chi connectivity index (χ0v) is 9.49. The van der Waals surface area contributed by atoms with E-state index < -0.39 is 5.38 Å². The number of nitriles is 1. The van der Waals surface area contributed by atoms with Crippen LogP contribution in [-0.4, -0.2) is 17.9 Å². The lowest BCUT2D eigenvalue weighted by Crippen LogP contribution is -2.20. The zero-order valence-electron chi connectivity index (χ0n) is 8.74. The third kappa shape index (κ3) is 3.79. The number of ether oxygens (including phenoxy) is 1. The normalized spacial score (nSPS) is 11.3. The summed E-state index contributed by atoms with van der Waals surface area (Å²) in [7, 11) is 0. The summed E-state index contributed by atoms with van der Waals surface area (Å²) < 4.78 is 5.09. The zero-order chi connectivity index (χ0) is 12.0. The van der Waals surface area contributed by atoms with E-state index in [2.05, 4.69) is 5.32 Å². The lowest BCUT2D eigenvalue weighted by Gasteiger charge is -2.08. The fourth-order valence-electron chi connectivity index (χ4n) is 1.02. The van der Waals surface area contributed by atoms with Gasteiger partial charge < -0.3 is 10.1 Å². The summed E-state index contributed by atoms with van der Waals surface area (Å²) in [6.45, 7) is 1.57. The van der Waals surface area contributed by atoms with Crippen molar-refractivity contribution in [2.75, 3.05) is 11.9 Å². The monoisotopic (exact) mass is 238 g/mol. The molecule has 1 rings (SSSR count). The number of amides is 1. The summed E-state index contributed by atoms with van der Waals surface area (Å²) in [4.78, 5) is 11.3. The molecule has 1 amide bonds. The Kier molecular flexibility index (Phi) is 4.62. The highest BCUT2D eigenvalue weighted by molar-refractivity contribution is 6.32. The molecule has 0 spiro atoms. The van der Waals surface area contributed by atoms with Gasteiger partial charge in [-0.25, -0.2) is 0 Å². The quantitative estimate of drug-likeness (QED) is 0.818. The molecule has 0 saturated heterocycles. The van der Waals surface area contributed by atoms with Crippen LogP contribution in [0.15, 0.2) is 24.3 Å². The maximum atomic E-state index is 11.3. The highest BCUT2D eigenvalue weighted by atomic mass is 35.5. The number of nitrogens with one attached hydrogen (secondary N) is 1. The standard InChI is InChI=1S/C11H11ClN2O2/c1-8(12)11(15)14-9-3-2-4-10(7-9)16-6-5-13/h2-4,7-8H,6H2,1H3,(H,14,15). The van der Waals surface area contributed by atoms with Gasteiger partial charge in [0.05, 0.1) is 0 Å². The van der Waals surface area contributed by atoms with E-state index in [0.717, 1.165) is 0 Å². The Bertz CT molecular complexity index is 413. The molecule has 0 aromatic heterocycles. The summed E-state index contributed by atoms with van der Waals surface area (Å²) >= 11 is 5.62. The van der Waals surface area contributed by atoms with Crippen LogP contribution in [-0.2, 0) is 4.79 Å². The SMILES string of the molecule is CC(Cl)C(=O)Nc1cccc(OCC#N)c1. The van der Waals surface area contributed by atoms with Crippen LogP contribution in [0.4, 0.5) is 5.69 Å². The molecule has 4 nitrogen and oxygen atoms in total. The third-order valence-electron chi connectivity index (χ3n) is 1.77. The van der Waals surface area contributed by atoms with Crippen LogP contribution >= 0.6 is 11.6 Å². The van der Waals surface area contributed by atoms with Gasteiger partial charge in [0.15, 0.2) is 6.61 Å². The molecule has 0 saturated carbocycles. The van der Waals surface area contributed by atoms with Gasteiger partial charge in [-0.3, -0.25) is 4.79 Å².